The second-order valence-corrected chi connectivity index (χ2v) is 7.81. The van der Waals surface area contributed by atoms with Crippen molar-refractivity contribution in [1.82, 2.24) is 10.2 Å². The van der Waals surface area contributed by atoms with Gasteiger partial charge in [-0.3, -0.25) is 14.4 Å². The highest BCUT2D eigenvalue weighted by molar-refractivity contribution is 9.10. The first-order chi connectivity index (χ1) is 13.4. The van der Waals surface area contributed by atoms with Gasteiger partial charge in [0, 0.05) is 37.5 Å². The third-order valence-electron chi connectivity index (χ3n) is 4.88. The van der Waals surface area contributed by atoms with Crippen molar-refractivity contribution >= 4 is 33.5 Å². The zero-order valence-corrected chi connectivity index (χ0v) is 17.3. The second kappa shape index (κ2) is 9.19. The van der Waals surface area contributed by atoms with Crippen LogP contribution in [0.5, 0.6) is 0 Å². The van der Waals surface area contributed by atoms with Crippen molar-refractivity contribution in [1.29, 1.82) is 0 Å². The number of piperidine rings is 1. The minimum Gasteiger partial charge on any atom is -0.444 e. The average molecular weight is 447 g/mol. The zero-order chi connectivity index (χ0) is 20.1. The van der Waals surface area contributed by atoms with Gasteiger partial charge in [0.1, 0.15) is 0 Å². The Hall–Kier alpha value is -2.41. The molecule has 1 aliphatic heterocycles. The molecule has 3 rings (SSSR count). The number of carbonyl (C=O) groups is 3. The highest BCUT2D eigenvalue weighted by Crippen LogP contribution is 2.19. The molecule has 148 valence electrons. The Morgan fingerprint density at radius 3 is 2.36 bits per heavy atom. The van der Waals surface area contributed by atoms with E-state index in [2.05, 4.69) is 21.2 Å². The first-order valence-corrected chi connectivity index (χ1v) is 10.2. The highest BCUT2D eigenvalue weighted by Gasteiger charge is 2.26. The van der Waals surface area contributed by atoms with E-state index in [4.69, 9.17) is 4.42 Å². The second-order valence-electron chi connectivity index (χ2n) is 7.03. The van der Waals surface area contributed by atoms with Gasteiger partial charge < -0.3 is 14.6 Å². The number of rotatable bonds is 6. The number of carbonyl (C=O) groups excluding carboxylic acids is 3. The molecule has 0 atom stereocenters. The van der Waals surface area contributed by atoms with E-state index in [1.165, 1.54) is 0 Å². The van der Waals surface area contributed by atoms with Crippen molar-refractivity contribution in [3.63, 3.8) is 0 Å². The normalized spacial score (nSPS) is 14.7. The Balaban J connectivity index is 1.40. The van der Waals surface area contributed by atoms with Crippen LogP contribution >= 0.6 is 15.9 Å². The van der Waals surface area contributed by atoms with Gasteiger partial charge in [0.2, 0.25) is 5.91 Å². The molecular weight excluding hydrogens is 424 g/mol. The minimum absolute atomic E-state index is 0.0226. The van der Waals surface area contributed by atoms with Crippen molar-refractivity contribution in [2.45, 2.75) is 38.6 Å². The number of likely N-dealkylation sites (tertiary alicyclic amines) is 1. The summed E-state index contributed by atoms with van der Waals surface area (Å²) in [7, 11) is 0. The molecule has 1 N–H and O–H groups in total. The predicted molar refractivity (Wildman–Crippen MR) is 108 cm³/mol. The van der Waals surface area contributed by atoms with Gasteiger partial charge in [-0.15, -0.1) is 0 Å². The number of furan rings is 1. The molecule has 2 aromatic rings. The maximum Gasteiger partial charge on any atom is 0.289 e. The van der Waals surface area contributed by atoms with Crippen LogP contribution in [-0.2, 0) is 4.79 Å². The number of halogens is 1. The lowest BCUT2D eigenvalue weighted by Gasteiger charge is -2.31. The molecule has 0 radical (unpaired) electrons. The number of hydrogen-bond acceptors (Lipinski definition) is 4. The molecule has 0 unspecified atom stereocenters. The lowest BCUT2D eigenvalue weighted by Crippen LogP contribution is -2.46. The maximum absolute atomic E-state index is 12.4. The van der Waals surface area contributed by atoms with E-state index in [0.29, 0.717) is 41.9 Å². The number of benzene rings is 1. The van der Waals surface area contributed by atoms with Gasteiger partial charge in [-0.2, -0.15) is 0 Å². The molecule has 1 aromatic heterocycles. The molecule has 0 bridgehead atoms. The number of hydrogen-bond donors (Lipinski definition) is 1. The van der Waals surface area contributed by atoms with E-state index in [-0.39, 0.29) is 36.5 Å². The number of nitrogens with one attached hydrogen (secondary N) is 1. The van der Waals surface area contributed by atoms with Gasteiger partial charge in [-0.25, -0.2) is 0 Å². The van der Waals surface area contributed by atoms with Crippen LogP contribution in [0, 0.1) is 6.92 Å². The molecule has 0 aliphatic carbocycles. The number of aryl methyl sites for hydroxylation is 1. The fraction of sp³-hybridized carbons (Fsp3) is 0.381. The van der Waals surface area contributed by atoms with E-state index in [9.17, 15) is 14.4 Å². The van der Waals surface area contributed by atoms with Crippen molar-refractivity contribution in [3.05, 3.63) is 58.0 Å². The van der Waals surface area contributed by atoms with Crippen LogP contribution < -0.4 is 5.32 Å². The van der Waals surface area contributed by atoms with Gasteiger partial charge in [-0.1, -0.05) is 29.8 Å². The van der Waals surface area contributed by atoms with E-state index in [1.807, 2.05) is 19.1 Å². The molecule has 1 aliphatic rings. The Labute approximate surface area is 172 Å². The quantitative estimate of drug-likeness (QED) is 0.685. The first-order valence-electron chi connectivity index (χ1n) is 9.36. The molecular formula is C21H23BrN2O4. The summed E-state index contributed by atoms with van der Waals surface area (Å²) in [5.74, 6) is 0.0172. The van der Waals surface area contributed by atoms with Crippen LogP contribution in [0.2, 0.25) is 0 Å². The first kappa shape index (κ1) is 20.3. The molecule has 1 fully saturated rings. The predicted octanol–water partition coefficient (Wildman–Crippen LogP) is 3.73. The topological polar surface area (TPSA) is 79.6 Å². The Bertz CT molecular complexity index is 852. The summed E-state index contributed by atoms with van der Waals surface area (Å²) in [5, 5.41) is 2.98. The molecule has 2 heterocycles. The van der Waals surface area contributed by atoms with Crippen molar-refractivity contribution in [2.24, 2.45) is 0 Å². The Morgan fingerprint density at radius 1 is 1.07 bits per heavy atom. The molecule has 7 heteroatoms. The highest BCUT2D eigenvalue weighted by atomic mass is 79.9. The van der Waals surface area contributed by atoms with Crippen LogP contribution in [0.3, 0.4) is 0 Å². The molecule has 6 nitrogen and oxygen atoms in total. The van der Waals surface area contributed by atoms with Gasteiger partial charge >= 0.3 is 0 Å². The van der Waals surface area contributed by atoms with Gasteiger partial charge in [0.25, 0.3) is 5.91 Å². The molecule has 0 spiro atoms. The Kier molecular flexibility index (Phi) is 6.67. The van der Waals surface area contributed by atoms with Gasteiger partial charge in [0.05, 0.1) is 0 Å². The van der Waals surface area contributed by atoms with Crippen molar-refractivity contribution < 1.29 is 18.8 Å². The monoisotopic (exact) mass is 446 g/mol. The summed E-state index contributed by atoms with van der Waals surface area (Å²) in [4.78, 5) is 38.4. The summed E-state index contributed by atoms with van der Waals surface area (Å²) in [6, 6.07) is 10.7. The standard InChI is InChI=1S/C21H23BrN2O4/c1-14-2-4-15(5-3-14)17(25)6-9-20(26)23-16-10-12-24(13-11-16)21(27)18-7-8-19(22)28-18/h2-5,7-8,16H,6,9-13H2,1H3,(H,23,26). The van der Waals surface area contributed by atoms with Crippen LogP contribution in [0.1, 0.15) is 52.2 Å². The maximum atomic E-state index is 12.4. The lowest BCUT2D eigenvalue weighted by atomic mass is 10.0. The molecule has 2 amide bonds. The van der Waals surface area contributed by atoms with Crippen molar-refractivity contribution in [3.8, 4) is 0 Å². The molecule has 1 saturated heterocycles. The summed E-state index contributed by atoms with van der Waals surface area (Å²) in [5.41, 5.74) is 1.73. The number of nitrogens with zero attached hydrogens (tertiary/aromatic N) is 1. The van der Waals surface area contributed by atoms with Crippen LogP contribution in [0.4, 0.5) is 0 Å². The number of Topliss-reactive ketones (excluding diaryl/α,β-unsaturated/α-hetero) is 1. The Morgan fingerprint density at radius 2 is 1.75 bits per heavy atom. The SMILES string of the molecule is Cc1ccc(C(=O)CCC(=O)NC2CCN(C(=O)c3ccc(Br)o3)CC2)cc1. The zero-order valence-electron chi connectivity index (χ0n) is 15.7. The van der Waals surface area contributed by atoms with Gasteiger partial charge in [0.15, 0.2) is 16.2 Å². The van der Waals surface area contributed by atoms with Crippen LogP contribution in [0.15, 0.2) is 45.5 Å². The van der Waals surface area contributed by atoms with E-state index >= 15 is 0 Å². The molecule has 1 aromatic carbocycles. The summed E-state index contributed by atoms with van der Waals surface area (Å²) in [6.45, 7) is 3.09. The fourth-order valence-electron chi connectivity index (χ4n) is 3.22. The van der Waals surface area contributed by atoms with Gasteiger partial charge in [-0.05, 0) is 47.8 Å². The smallest absolute Gasteiger partial charge is 0.289 e. The third kappa shape index (κ3) is 5.32. The molecule has 28 heavy (non-hydrogen) atoms. The number of amides is 2. The third-order valence-corrected chi connectivity index (χ3v) is 5.31. The lowest BCUT2D eigenvalue weighted by molar-refractivity contribution is -0.122. The van der Waals surface area contributed by atoms with E-state index in [0.717, 1.165) is 5.56 Å². The van der Waals surface area contributed by atoms with Crippen LogP contribution in [0.25, 0.3) is 0 Å². The molecule has 0 saturated carbocycles. The summed E-state index contributed by atoms with van der Waals surface area (Å²) >= 11 is 3.20. The average Bonchev–Trinajstić information content (AvgIpc) is 3.13. The summed E-state index contributed by atoms with van der Waals surface area (Å²) in [6.07, 6.45) is 1.74. The van der Waals surface area contributed by atoms with Crippen LogP contribution in [-0.4, -0.2) is 41.6 Å². The largest absolute Gasteiger partial charge is 0.444 e. The fourth-order valence-corrected chi connectivity index (χ4v) is 3.53. The van der Waals surface area contributed by atoms with E-state index in [1.54, 1.807) is 29.2 Å². The van der Waals surface area contributed by atoms with Crippen molar-refractivity contribution in [2.75, 3.05) is 13.1 Å². The minimum atomic E-state index is -0.140. The summed E-state index contributed by atoms with van der Waals surface area (Å²) < 4.78 is 5.84. The van der Waals surface area contributed by atoms with E-state index < -0.39 is 0 Å². The number of ketones is 1.